The Kier molecular flexibility index (Phi) is 7.12. The maximum absolute atomic E-state index is 12.9. The van der Waals surface area contributed by atoms with Crippen LogP contribution < -0.4 is 0 Å². The first kappa shape index (κ1) is 21.4. The molecule has 3 heterocycles. The van der Waals surface area contributed by atoms with E-state index < -0.39 is 0 Å². The van der Waals surface area contributed by atoms with E-state index in [0.717, 1.165) is 63.7 Å². The number of piperazine rings is 1. The number of thiophene rings is 1. The first-order chi connectivity index (χ1) is 14.6. The van der Waals surface area contributed by atoms with Gasteiger partial charge >= 0.3 is 0 Å². The molecule has 1 amide bonds. The van der Waals surface area contributed by atoms with Crippen molar-refractivity contribution in [3.05, 3.63) is 46.3 Å². The molecule has 0 radical (unpaired) electrons. The third kappa shape index (κ3) is 5.25. The number of hydrogen-bond acceptors (Lipinski definition) is 4. The van der Waals surface area contributed by atoms with Gasteiger partial charge in [-0.1, -0.05) is 29.7 Å². The summed E-state index contributed by atoms with van der Waals surface area (Å²) in [4.78, 5) is 22.3. The Balaban J connectivity index is 1.25. The lowest BCUT2D eigenvalue weighted by molar-refractivity contribution is -0.138. The zero-order chi connectivity index (χ0) is 20.9. The lowest BCUT2D eigenvalue weighted by atomic mass is 9.95. The Bertz CT molecular complexity index is 905. The SMILES string of the molecule is C#CCN1CCC(C(=O)N2CCN(Cc3ccc(-c4cccc(Cl)c4)s3)CC2)CC1. The molecule has 158 valence electrons. The first-order valence-corrected chi connectivity index (χ1v) is 11.8. The zero-order valence-electron chi connectivity index (χ0n) is 17.2. The number of rotatable bonds is 5. The average Bonchev–Trinajstić information content (AvgIpc) is 3.23. The van der Waals surface area contributed by atoms with Gasteiger partial charge in [-0.25, -0.2) is 0 Å². The molecular weight excluding hydrogens is 414 g/mol. The van der Waals surface area contributed by atoms with Crippen LogP contribution in [0.3, 0.4) is 0 Å². The smallest absolute Gasteiger partial charge is 0.225 e. The molecule has 0 atom stereocenters. The highest BCUT2D eigenvalue weighted by Gasteiger charge is 2.30. The lowest BCUT2D eigenvalue weighted by Gasteiger charge is -2.38. The highest BCUT2D eigenvalue weighted by molar-refractivity contribution is 7.15. The number of nitrogens with zero attached hydrogens (tertiary/aromatic N) is 3. The molecule has 0 spiro atoms. The van der Waals surface area contributed by atoms with Gasteiger partial charge in [0.1, 0.15) is 0 Å². The minimum atomic E-state index is 0.170. The second-order valence-electron chi connectivity index (χ2n) is 8.13. The molecule has 4 rings (SSSR count). The fourth-order valence-corrected chi connectivity index (χ4v) is 5.57. The Morgan fingerprint density at radius 2 is 1.83 bits per heavy atom. The fourth-order valence-electron chi connectivity index (χ4n) is 4.33. The molecule has 2 fully saturated rings. The van der Waals surface area contributed by atoms with Crippen molar-refractivity contribution in [1.29, 1.82) is 0 Å². The molecule has 1 aromatic carbocycles. The number of piperidine rings is 1. The summed E-state index contributed by atoms with van der Waals surface area (Å²) >= 11 is 7.95. The summed E-state index contributed by atoms with van der Waals surface area (Å²) in [7, 11) is 0. The van der Waals surface area contributed by atoms with E-state index in [2.05, 4.69) is 38.8 Å². The van der Waals surface area contributed by atoms with Crippen molar-refractivity contribution in [3.8, 4) is 22.8 Å². The van der Waals surface area contributed by atoms with Crippen LogP contribution in [-0.2, 0) is 11.3 Å². The van der Waals surface area contributed by atoms with Crippen molar-refractivity contribution in [1.82, 2.24) is 14.7 Å². The molecule has 2 saturated heterocycles. The molecule has 1 aromatic heterocycles. The second-order valence-corrected chi connectivity index (χ2v) is 9.74. The van der Waals surface area contributed by atoms with Gasteiger partial charge in [0.05, 0.1) is 6.54 Å². The van der Waals surface area contributed by atoms with E-state index in [4.69, 9.17) is 18.0 Å². The second kappa shape index (κ2) is 9.98. The van der Waals surface area contributed by atoms with E-state index in [0.29, 0.717) is 12.5 Å². The van der Waals surface area contributed by atoms with E-state index in [-0.39, 0.29) is 5.92 Å². The molecule has 0 aliphatic carbocycles. The van der Waals surface area contributed by atoms with Gasteiger partial charge in [0.25, 0.3) is 0 Å². The molecular formula is C24H28ClN3OS. The molecule has 30 heavy (non-hydrogen) atoms. The van der Waals surface area contributed by atoms with Crippen LogP contribution >= 0.6 is 22.9 Å². The summed E-state index contributed by atoms with van der Waals surface area (Å²) in [6, 6.07) is 12.4. The average molecular weight is 442 g/mol. The molecule has 0 bridgehead atoms. The summed E-state index contributed by atoms with van der Waals surface area (Å²) in [6.45, 7) is 7.05. The lowest BCUT2D eigenvalue weighted by Crippen LogP contribution is -2.51. The summed E-state index contributed by atoms with van der Waals surface area (Å²) in [5.74, 6) is 3.21. The Labute approximate surface area is 188 Å². The number of hydrogen-bond donors (Lipinski definition) is 0. The number of carbonyl (C=O) groups excluding carboxylic acids is 1. The Morgan fingerprint density at radius 3 is 2.53 bits per heavy atom. The number of halogens is 1. The molecule has 2 aliphatic heterocycles. The van der Waals surface area contributed by atoms with Crippen LogP contribution in [0.1, 0.15) is 17.7 Å². The van der Waals surface area contributed by atoms with E-state index in [1.165, 1.54) is 15.3 Å². The van der Waals surface area contributed by atoms with Crippen LogP contribution in [0.4, 0.5) is 0 Å². The third-order valence-corrected chi connectivity index (χ3v) is 7.44. The quantitative estimate of drug-likeness (QED) is 0.655. The number of terminal acetylenes is 1. The maximum Gasteiger partial charge on any atom is 0.225 e. The van der Waals surface area contributed by atoms with Crippen molar-refractivity contribution < 1.29 is 4.79 Å². The van der Waals surface area contributed by atoms with E-state index >= 15 is 0 Å². The molecule has 0 N–H and O–H groups in total. The topological polar surface area (TPSA) is 26.8 Å². The van der Waals surface area contributed by atoms with Gasteiger partial charge in [-0.2, -0.15) is 0 Å². The van der Waals surface area contributed by atoms with Gasteiger partial charge in [0.15, 0.2) is 0 Å². The van der Waals surface area contributed by atoms with Crippen molar-refractivity contribution in [2.24, 2.45) is 5.92 Å². The van der Waals surface area contributed by atoms with Crippen molar-refractivity contribution in [2.45, 2.75) is 19.4 Å². The summed E-state index contributed by atoms with van der Waals surface area (Å²) in [5.41, 5.74) is 1.17. The number of carbonyl (C=O) groups is 1. The standard InChI is InChI=1S/C24H28ClN3OS/c1-2-10-26-11-8-19(9-12-26)24(29)28-15-13-27(14-16-28)18-22-6-7-23(30-22)20-4-3-5-21(25)17-20/h1,3-7,17,19H,8-16,18H2. The summed E-state index contributed by atoms with van der Waals surface area (Å²) in [6.07, 6.45) is 7.27. The van der Waals surface area contributed by atoms with Crippen LogP contribution in [0.15, 0.2) is 36.4 Å². The minimum Gasteiger partial charge on any atom is -0.340 e. The van der Waals surface area contributed by atoms with E-state index in [9.17, 15) is 4.79 Å². The minimum absolute atomic E-state index is 0.170. The highest BCUT2D eigenvalue weighted by atomic mass is 35.5. The van der Waals surface area contributed by atoms with Crippen LogP contribution in [-0.4, -0.2) is 66.4 Å². The van der Waals surface area contributed by atoms with Gasteiger partial charge in [-0.15, -0.1) is 17.8 Å². The van der Waals surface area contributed by atoms with Crippen molar-refractivity contribution >= 4 is 28.8 Å². The predicted molar refractivity (Wildman–Crippen MR) is 125 cm³/mol. The van der Waals surface area contributed by atoms with E-state index in [1.54, 1.807) is 0 Å². The zero-order valence-corrected chi connectivity index (χ0v) is 18.8. The molecule has 0 unspecified atom stereocenters. The highest BCUT2D eigenvalue weighted by Crippen LogP contribution is 2.30. The third-order valence-electron chi connectivity index (χ3n) is 6.09. The van der Waals surface area contributed by atoms with Gasteiger partial charge in [0.2, 0.25) is 5.91 Å². The molecule has 2 aliphatic rings. The van der Waals surface area contributed by atoms with Gasteiger partial charge < -0.3 is 4.90 Å². The van der Waals surface area contributed by atoms with Crippen LogP contribution in [0, 0.1) is 18.3 Å². The normalized spacial score (nSPS) is 19.0. The maximum atomic E-state index is 12.9. The number of benzene rings is 1. The van der Waals surface area contributed by atoms with Crippen molar-refractivity contribution in [2.75, 3.05) is 45.8 Å². The summed E-state index contributed by atoms with van der Waals surface area (Å²) < 4.78 is 0. The van der Waals surface area contributed by atoms with E-state index in [1.807, 2.05) is 29.5 Å². The largest absolute Gasteiger partial charge is 0.340 e. The fraction of sp³-hybridized carbons (Fsp3) is 0.458. The van der Waals surface area contributed by atoms with Gasteiger partial charge in [0, 0.05) is 53.4 Å². The van der Waals surface area contributed by atoms with Crippen LogP contribution in [0.25, 0.3) is 10.4 Å². The monoisotopic (exact) mass is 441 g/mol. The van der Waals surface area contributed by atoms with Crippen LogP contribution in [0.5, 0.6) is 0 Å². The first-order valence-electron chi connectivity index (χ1n) is 10.6. The number of amides is 1. The molecule has 6 heteroatoms. The Hall–Kier alpha value is -1.84. The molecule has 4 nitrogen and oxygen atoms in total. The Morgan fingerprint density at radius 1 is 1.07 bits per heavy atom. The van der Waals surface area contributed by atoms with Crippen LogP contribution in [0.2, 0.25) is 5.02 Å². The summed E-state index contributed by atoms with van der Waals surface area (Å²) in [5, 5.41) is 0.768. The number of likely N-dealkylation sites (tertiary alicyclic amines) is 1. The predicted octanol–water partition coefficient (Wildman–Crippen LogP) is 4.06. The van der Waals surface area contributed by atoms with Crippen molar-refractivity contribution in [3.63, 3.8) is 0 Å². The molecule has 2 aromatic rings. The van der Waals surface area contributed by atoms with Gasteiger partial charge in [-0.3, -0.25) is 14.6 Å². The van der Waals surface area contributed by atoms with Gasteiger partial charge in [-0.05, 0) is 55.8 Å². The molecule has 0 saturated carbocycles.